The van der Waals surface area contributed by atoms with Crippen LogP contribution < -0.4 is 24.4 Å². The highest BCUT2D eigenvalue weighted by Crippen LogP contribution is 2.33. The topological polar surface area (TPSA) is 100 Å². The number of anilines is 2. The van der Waals surface area contributed by atoms with E-state index in [1.807, 2.05) is 31.2 Å². The third kappa shape index (κ3) is 11.6. The normalized spacial score (nSPS) is 14.2. The van der Waals surface area contributed by atoms with Gasteiger partial charge in [0.1, 0.15) is 11.5 Å². The molecule has 1 saturated heterocycles. The fourth-order valence-corrected chi connectivity index (χ4v) is 5.45. The van der Waals surface area contributed by atoms with E-state index in [1.54, 1.807) is 30.3 Å². The van der Waals surface area contributed by atoms with Gasteiger partial charge >= 0.3 is 12.4 Å². The summed E-state index contributed by atoms with van der Waals surface area (Å²) in [5, 5.41) is 3.02. The summed E-state index contributed by atoms with van der Waals surface area (Å²) < 4.78 is 74.2. The standard InChI is InChI=1S/C31H37F3N4O5S.ClH/c1-3-4-19-38(28-7-5-6-8-29(28)43-31(32,33)34)30(39)35-24-17-20-37(21-18-24)22-23-9-13-26(14-10-23)42-27-15-11-25(12-16-27)36-44(2,40)41;/h5-16,24,36H,3-4,17-22H2,1-2H3,(H,35,39);1H. The van der Waals surface area contributed by atoms with Crippen LogP contribution in [0.4, 0.5) is 29.3 Å². The van der Waals surface area contributed by atoms with Crippen molar-refractivity contribution in [2.75, 3.05) is 35.5 Å². The molecule has 3 aromatic rings. The molecule has 0 saturated carbocycles. The monoisotopic (exact) mass is 670 g/mol. The molecule has 0 aromatic heterocycles. The van der Waals surface area contributed by atoms with Gasteiger partial charge in [-0.3, -0.25) is 14.5 Å². The maximum atomic E-state index is 13.3. The van der Waals surface area contributed by atoms with Crippen molar-refractivity contribution >= 4 is 39.8 Å². The van der Waals surface area contributed by atoms with Crippen molar-refractivity contribution in [2.24, 2.45) is 0 Å². The van der Waals surface area contributed by atoms with Crippen molar-refractivity contribution in [2.45, 2.75) is 51.6 Å². The Morgan fingerprint density at radius 2 is 1.58 bits per heavy atom. The second-order valence-corrected chi connectivity index (χ2v) is 12.4. The predicted octanol–water partition coefficient (Wildman–Crippen LogP) is 7.15. The number of halogens is 4. The molecule has 9 nitrogen and oxygen atoms in total. The summed E-state index contributed by atoms with van der Waals surface area (Å²) in [4.78, 5) is 16.9. The SMILES string of the molecule is CCCCN(C(=O)NC1CCN(Cc2ccc(Oc3ccc(NS(C)(=O)=O)cc3)cc2)CC1)c1ccccc1OC(F)(F)F.Cl. The number of carbonyl (C=O) groups is 1. The molecule has 0 aliphatic carbocycles. The number of nitrogens with zero attached hydrogens (tertiary/aromatic N) is 2. The fraction of sp³-hybridized carbons (Fsp3) is 0.387. The van der Waals surface area contributed by atoms with Crippen LogP contribution in [0.15, 0.2) is 72.8 Å². The van der Waals surface area contributed by atoms with Crippen LogP contribution in [0, 0.1) is 0 Å². The number of carbonyl (C=O) groups excluding carboxylic acids is 1. The van der Waals surface area contributed by atoms with E-state index in [4.69, 9.17) is 4.74 Å². The van der Waals surface area contributed by atoms with Crippen LogP contribution in [0.5, 0.6) is 17.2 Å². The van der Waals surface area contributed by atoms with Gasteiger partial charge in [0.05, 0.1) is 11.9 Å². The predicted molar refractivity (Wildman–Crippen MR) is 171 cm³/mol. The highest BCUT2D eigenvalue weighted by Gasteiger charge is 2.33. The van der Waals surface area contributed by atoms with Gasteiger partial charge in [0.2, 0.25) is 10.0 Å². The summed E-state index contributed by atoms with van der Waals surface area (Å²) in [5.74, 6) is 0.816. The number of hydrogen-bond acceptors (Lipinski definition) is 6. The summed E-state index contributed by atoms with van der Waals surface area (Å²) in [6, 6.07) is 19.5. The van der Waals surface area contributed by atoms with Crippen LogP contribution in [0.1, 0.15) is 38.2 Å². The van der Waals surface area contributed by atoms with Crippen LogP contribution in [0.25, 0.3) is 0 Å². The molecule has 1 fully saturated rings. The Labute approximate surface area is 268 Å². The number of likely N-dealkylation sites (tertiary alicyclic amines) is 1. The van der Waals surface area contributed by atoms with Crippen molar-refractivity contribution in [1.29, 1.82) is 0 Å². The minimum Gasteiger partial charge on any atom is -0.457 e. The van der Waals surface area contributed by atoms with E-state index < -0.39 is 28.2 Å². The van der Waals surface area contributed by atoms with Gasteiger partial charge in [0, 0.05) is 37.9 Å². The van der Waals surface area contributed by atoms with Crippen LogP contribution in [0.3, 0.4) is 0 Å². The lowest BCUT2D eigenvalue weighted by molar-refractivity contribution is -0.274. The fourth-order valence-electron chi connectivity index (χ4n) is 4.89. The molecule has 0 spiro atoms. The van der Waals surface area contributed by atoms with Gasteiger partial charge in [-0.25, -0.2) is 13.2 Å². The van der Waals surface area contributed by atoms with Gasteiger partial charge in [-0.2, -0.15) is 0 Å². The number of unbranched alkanes of at least 4 members (excludes halogenated alkanes) is 1. The lowest BCUT2D eigenvalue weighted by Gasteiger charge is -2.34. The maximum absolute atomic E-state index is 13.3. The molecule has 1 heterocycles. The van der Waals surface area contributed by atoms with Gasteiger partial charge in [0.25, 0.3) is 0 Å². The summed E-state index contributed by atoms with van der Waals surface area (Å²) >= 11 is 0. The van der Waals surface area contributed by atoms with Gasteiger partial charge in [-0.05, 0) is 73.4 Å². The molecule has 1 aliphatic rings. The Balaban J connectivity index is 0.00000552. The van der Waals surface area contributed by atoms with Crippen molar-refractivity contribution in [1.82, 2.24) is 10.2 Å². The van der Waals surface area contributed by atoms with Gasteiger partial charge in [-0.1, -0.05) is 37.6 Å². The van der Waals surface area contributed by atoms with E-state index in [2.05, 4.69) is 19.7 Å². The summed E-state index contributed by atoms with van der Waals surface area (Å²) in [7, 11) is -3.35. The molecule has 2 N–H and O–H groups in total. The molecule has 45 heavy (non-hydrogen) atoms. The molecular weight excluding hydrogens is 633 g/mol. The zero-order valence-corrected chi connectivity index (χ0v) is 26.7. The lowest BCUT2D eigenvalue weighted by Crippen LogP contribution is -2.49. The van der Waals surface area contributed by atoms with E-state index in [0.717, 1.165) is 37.9 Å². The number of para-hydroxylation sites is 2. The van der Waals surface area contributed by atoms with Crippen molar-refractivity contribution in [3.8, 4) is 17.2 Å². The van der Waals surface area contributed by atoms with E-state index in [1.165, 1.54) is 23.1 Å². The molecule has 14 heteroatoms. The minimum absolute atomic E-state index is 0. The van der Waals surface area contributed by atoms with Crippen LogP contribution in [-0.2, 0) is 16.6 Å². The highest BCUT2D eigenvalue weighted by atomic mass is 35.5. The Hall–Kier alpha value is -3.68. The Morgan fingerprint density at radius 1 is 0.978 bits per heavy atom. The van der Waals surface area contributed by atoms with Crippen LogP contribution in [-0.4, -0.2) is 57.6 Å². The Morgan fingerprint density at radius 3 is 2.16 bits per heavy atom. The molecule has 1 aliphatic heterocycles. The number of sulfonamides is 1. The average Bonchev–Trinajstić information content (AvgIpc) is 2.96. The first-order valence-corrected chi connectivity index (χ1v) is 16.3. The van der Waals surface area contributed by atoms with Gasteiger partial charge in [0.15, 0.2) is 5.75 Å². The molecule has 4 rings (SSSR count). The van der Waals surface area contributed by atoms with E-state index in [0.29, 0.717) is 36.4 Å². The zero-order valence-electron chi connectivity index (χ0n) is 25.0. The number of ether oxygens (including phenoxy) is 2. The first-order valence-electron chi connectivity index (χ1n) is 14.4. The van der Waals surface area contributed by atoms with E-state index in [9.17, 15) is 26.4 Å². The smallest absolute Gasteiger partial charge is 0.457 e. The molecule has 3 aromatic carbocycles. The second kappa shape index (κ2) is 16.1. The Kier molecular flexibility index (Phi) is 12.8. The van der Waals surface area contributed by atoms with E-state index in [-0.39, 0.29) is 30.7 Å². The quantitative estimate of drug-likeness (QED) is 0.212. The molecular formula is C31H38ClF3N4O5S. The number of urea groups is 1. The number of rotatable bonds is 12. The van der Waals surface area contributed by atoms with Crippen LogP contribution in [0.2, 0.25) is 0 Å². The number of hydrogen-bond donors (Lipinski definition) is 2. The van der Waals surface area contributed by atoms with Gasteiger partial charge in [-0.15, -0.1) is 25.6 Å². The highest BCUT2D eigenvalue weighted by molar-refractivity contribution is 7.92. The number of piperidine rings is 1. The number of nitrogens with one attached hydrogen (secondary N) is 2. The lowest BCUT2D eigenvalue weighted by atomic mass is 10.0. The third-order valence-corrected chi connectivity index (χ3v) is 7.61. The summed E-state index contributed by atoms with van der Waals surface area (Å²) in [6.07, 6.45) is -0.956. The number of benzene rings is 3. The molecule has 246 valence electrons. The minimum atomic E-state index is -4.86. The van der Waals surface area contributed by atoms with Crippen molar-refractivity contribution < 1.29 is 35.9 Å². The average molecular weight is 671 g/mol. The second-order valence-electron chi connectivity index (χ2n) is 10.7. The zero-order chi connectivity index (χ0) is 31.7. The first-order chi connectivity index (χ1) is 20.9. The molecule has 0 atom stereocenters. The molecule has 0 bridgehead atoms. The number of alkyl halides is 3. The molecule has 0 unspecified atom stereocenters. The molecule has 0 radical (unpaired) electrons. The van der Waals surface area contributed by atoms with Gasteiger partial charge < -0.3 is 14.8 Å². The number of amides is 2. The Bertz CT molecular complexity index is 1480. The maximum Gasteiger partial charge on any atom is 0.573 e. The largest absolute Gasteiger partial charge is 0.573 e. The summed E-state index contributed by atoms with van der Waals surface area (Å²) in [5.41, 5.74) is 1.63. The van der Waals surface area contributed by atoms with Crippen LogP contribution >= 0.6 is 12.4 Å². The molecule has 2 amide bonds. The van der Waals surface area contributed by atoms with E-state index >= 15 is 0 Å². The third-order valence-electron chi connectivity index (χ3n) is 7.00. The first kappa shape index (κ1) is 35.8. The van der Waals surface area contributed by atoms with Crippen molar-refractivity contribution in [3.63, 3.8) is 0 Å². The summed E-state index contributed by atoms with van der Waals surface area (Å²) in [6.45, 7) is 4.44. The van der Waals surface area contributed by atoms with Crippen molar-refractivity contribution in [3.05, 3.63) is 78.4 Å².